The predicted molar refractivity (Wildman–Crippen MR) is 61.2 cm³/mol. The molecule has 0 bridgehead atoms. The van der Waals surface area contributed by atoms with Crippen molar-refractivity contribution in [1.29, 1.82) is 0 Å². The first-order valence-corrected chi connectivity index (χ1v) is 6.11. The molecule has 3 atom stereocenters. The Morgan fingerprint density at radius 1 is 1.43 bits per heavy atom. The van der Waals surface area contributed by atoms with E-state index in [1.807, 2.05) is 6.92 Å². The maximum absolute atomic E-state index is 9.34. The molecule has 14 heavy (non-hydrogen) atoms. The molecule has 1 aliphatic rings. The van der Waals surface area contributed by atoms with Crippen LogP contribution >= 0.6 is 0 Å². The first-order valence-electron chi connectivity index (χ1n) is 6.11. The van der Waals surface area contributed by atoms with E-state index in [9.17, 15) is 5.11 Å². The summed E-state index contributed by atoms with van der Waals surface area (Å²) >= 11 is 0. The first kappa shape index (κ1) is 12.0. The molecule has 0 amide bonds. The monoisotopic (exact) mass is 198 g/mol. The lowest BCUT2D eigenvalue weighted by Crippen LogP contribution is -2.34. The zero-order valence-electron chi connectivity index (χ0n) is 10.2. The van der Waals surface area contributed by atoms with Crippen LogP contribution in [0.2, 0.25) is 0 Å². The molecular weight excluding hydrogens is 172 g/mol. The van der Waals surface area contributed by atoms with Crippen LogP contribution < -0.4 is 0 Å². The molecule has 0 spiro atoms. The quantitative estimate of drug-likeness (QED) is 0.734. The van der Waals surface area contributed by atoms with E-state index in [0.29, 0.717) is 5.41 Å². The van der Waals surface area contributed by atoms with Crippen LogP contribution in [0.3, 0.4) is 0 Å². The fraction of sp³-hybridized carbons (Fsp3) is 1.00. The van der Waals surface area contributed by atoms with Crippen LogP contribution in [-0.2, 0) is 0 Å². The normalized spacial score (nSPS) is 34.1. The summed E-state index contributed by atoms with van der Waals surface area (Å²) in [5, 5.41) is 9.34. The van der Waals surface area contributed by atoms with Gasteiger partial charge in [-0.2, -0.15) is 0 Å². The van der Waals surface area contributed by atoms with Gasteiger partial charge in [-0.15, -0.1) is 0 Å². The van der Waals surface area contributed by atoms with Crippen molar-refractivity contribution < 1.29 is 5.11 Å². The molecule has 1 rings (SSSR count). The van der Waals surface area contributed by atoms with Crippen LogP contribution in [0.25, 0.3) is 0 Å². The second-order valence-electron chi connectivity index (χ2n) is 5.89. The average Bonchev–Trinajstić information content (AvgIpc) is 2.01. The van der Waals surface area contributed by atoms with Gasteiger partial charge in [-0.3, -0.25) is 0 Å². The Labute approximate surface area is 88.9 Å². The number of rotatable bonds is 3. The largest absolute Gasteiger partial charge is 0.393 e. The van der Waals surface area contributed by atoms with Gasteiger partial charge in [0.05, 0.1) is 6.10 Å². The highest BCUT2D eigenvalue weighted by Crippen LogP contribution is 2.46. The third-order valence-electron chi connectivity index (χ3n) is 4.07. The Balaban J connectivity index is 2.52. The molecule has 0 aliphatic heterocycles. The van der Waals surface area contributed by atoms with Crippen molar-refractivity contribution in [2.45, 2.75) is 65.9 Å². The van der Waals surface area contributed by atoms with E-state index >= 15 is 0 Å². The van der Waals surface area contributed by atoms with Gasteiger partial charge < -0.3 is 5.11 Å². The van der Waals surface area contributed by atoms with Gasteiger partial charge in [0.15, 0.2) is 0 Å². The summed E-state index contributed by atoms with van der Waals surface area (Å²) in [5.41, 5.74) is 0.493. The van der Waals surface area contributed by atoms with Gasteiger partial charge in [-0.25, -0.2) is 0 Å². The van der Waals surface area contributed by atoms with Gasteiger partial charge in [0.2, 0.25) is 0 Å². The van der Waals surface area contributed by atoms with Crippen LogP contribution in [-0.4, -0.2) is 11.2 Å². The highest BCUT2D eigenvalue weighted by atomic mass is 16.3. The molecule has 2 unspecified atom stereocenters. The topological polar surface area (TPSA) is 20.2 Å². The van der Waals surface area contributed by atoms with Gasteiger partial charge in [0.1, 0.15) is 0 Å². The van der Waals surface area contributed by atoms with Crippen molar-refractivity contribution in [1.82, 2.24) is 0 Å². The van der Waals surface area contributed by atoms with E-state index in [4.69, 9.17) is 0 Å². The molecule has 1 nitrogen and oxygen atoms in total. The van der Waals surface area contributed by atoms with E-state index in [1.54, 1.807) is 0 Å². The van der Waals surface area contributed by atoms with E-state index in [-0.39, 0.29) is 6.10 Å². The molecule has 0 heterocycles. The Morgan fingerprint density at radius 2 is 2.07 bits per heavy atom. The fourth-order valence-electron chi connectivity index (χ4n) is 3.13. The Kier molecular flexibility index (Phi) is 4.00. The second kappa shape index (κ2) is 4.65. The van der Waals surface area contributed by atoms with E-state index in [0.717, 1.165) is 18.3 Å². The Bertz CT molecular complexity index is 172. The molecule has 84 valence electrons. The lowest BCUT2D eigenvalue weighted by atomic mass is 9.62. The van der Waals surface area contributed by atoms with Crippen molar-refractivity contribution in [3.05, 3.63) is 0 Å². The van der Waals surface area contributed by atoms with E-state index < -0.39 is 0 Å². The van der Waals surface area contributed by atoms with Crippen molar-refractivity contribution in [3.63, 3.8) is 0 Å². The lowest BCUT2D eigenvalue weighted by molar-refractivity contribution is 0.0606. The Morgan fingerprint density at radius 3 is 2.57 bits per heavy atom. The maximum Gasteiger partial charge on any atom is 0.0512 e. The molecule has 1 saturated carbocycles. The minimum Gasteiger partial charge on any atom is -0.393 e. The second-order valence-corrected chi connectivity index (χ2v) is 5.89. The highest BCUT2D eigenvalue weighted by Gasteiger charge is 2.36. The number of aliphatic hydroxyl groups excluding tert-OH is 1. The third kappa shape index (κ3) is 2.98. The molecule has 0 radical (unpaired) electrons. The minimum atomic E-state index is -0.125. The summed E-state index contributed by atoms with van der Waals surface area (Å²) in [6.45, 7) is 9.08. The zero-order chi connectivity index (χ0) is 10.8. The van der Waals surface area contributed by atoms with Gasteiger partial charge in [-0.1, -0.05) is 33.6 Å². The minimum absolute atomic E-state index is 0.125. The SMILES string of the molecule is CC(O)CCC1[C@H](C)CCCC1(C)C. The van der Waals surface area contributed by atoms with Gasteiger partial charge in [0.25, 0.3) is 0 Å². The molecule has 0 aromatic carbocycles. The van der Waals surface area contributed by atoms with Gasteiger partial charge >= 0.3 is 0 Å². The fourth-order valence-corrected chi connectivity index (χ4v) is 3.13. The van der Waals surface area contributed by atoms with Crippen LogP contribution in [0.4, 0.5) is 0 Å². The molecule has 1 aliphatic carbocycles. The van der Waals surface area contributed by atoms with Crippen molar-refractivity contribution >= 4 is 0 Å². The van der Waals surface area contributed by atoms with Crippen LogP contribution in [0, 0.1) is 17.3 Å². The highest BCUT2D eigenvalue weighted by molar-refractivity contribution is 4.86. The van der Waals surface area contributed by atoms with Crippen LogP contribution in [0.1, 0.15) is 59.8 Å². The van der Waals surface area contributed by atoms with Crippen molar-refractivity contribution in [3.8, 4) is 0 Å². The number of hydrogen-bond acceptors (Lipinski definition) is 1. The smallest absolute Gasteiger partial charge is 0.0512 e. The molecule has 1 N–H and O–H groups in total. The molecular formula is C13H26O. The van der Waals surface area contributed by atoms with Crippen LogP contribution in [0.5, 0.6) is 0 Å². The Hall–Kier alpha value is -0.0400. The number of hydrogen-bond donors (Lipinski definition) is 1. The first-order chi connectivity index (χ1) is 6.43. The zero-order valence-corrected chi connectivity index (χ0v) is 10.2. The summed E-state index contributed by atoms with van der Waals surface area (Å²) in [6, 6.07) is 0. The molecule has 0 saturated heterocycles. The van der Waals surface area contributed by atoms with Crippen molar-refractivity contribution in [2.24, 2.45) is 17.3 Å². The maximum atomic E-state index is 9.34. The molecule has 0 aromatic heterocycles. The summed E-state index contributed by atoms with van der Waals surface area (Å²) in [6.07, 6.45) is 6.18. The lowest BCUT2D eigenvalue weighted by Gasteiger charge is -2.43. The summed E-state index contributed by atoms with van der Waals surface area (Å²) in [5.74, 6) is 1.66. The molecule has 1 heteroatoms. The van der Waals surface area contributed by atoms with Gasteiger partial charge in [-0.05, 0) is 43.4 Å². The standard InChI is InChI=1S/C13H26O/c1-10-6-5-9-13(3,4)12(10)8-7-11(2)14/h10-12,14H,5-9H2,1-4H3/t10-,11?,12?/m1/s1. The number of aliphatic hydroxyl groups is 1. The molecule has 0 aromatic rings. The summed E-state index contributed by atoms with van der Waals surface area (Å²) in [4.78, 5) is 0. The van der Waals surface area contributed by atoms with Gasteiger partial charge in [0, 0.05) is 0 Å². The average molecular weight is 198 g/mol. The summed E-state index contributed by atoms with van der Waals surface area (Å²) in [7, 11) is 0. The van der Waals surface area contributed by atoms with Crippen LogP contribution in [0.15, 0.2) is 0 Å². The van der Waals surface area contributed by atoms with E-state index in [1.165, 1.54) is 25.7 Å². The third-order valence-corrected chi connectivity index (χ3v) is 4.07. The van der Waals surface area contributed by atoms with Crippen molar-refractivity contribution in [2.75, 3.05) is 0 Å². The molecule has 1 fully saturated rings. The summed E-state index contributed by atoms with van der Waals surface area (Å²) < 4.78 is 0. The predicted octanol–water partition coefficient (Wildman–Crippen LogP) is 3.61. The van der Waals surface area contributed by atoms with E-state index in [2.05, 4.69) is 20.8 Å².